The second-order valence-corrected chi connectivity index (χ2v) is 13.1. The predicted octanol–water partition coefficient (Wildman–Crippen LogP) is 5.16. The third-order valence-electron chi connectivity index (χ3n) is 9.59. The molecule has 2 aliphatic heterocycles. The summed E-state index contributed by atoms with van der Waals surface area (Å²) in [6, 6.07) is 23.0. The van der Waals surface area contributed by atoms with E-state index in [9.17, 15) is 24.3 Å². The first-order valence-electron chi connectivity index (χ1n) is 14.4. The summed E-state index contributed by atoms with van der Waals surface area (Å²) in [4.78, 5) is 53.3. The highest BCUT2D eigenvalue weighted by Gasteiger charge is 2.76. The maximum Gasteiger partial charge on any atom is 0.253 e. The number of anilines is 1. The summed E-state index contributed by atoms with van der Waals surface area (Å²) in [5.41, 5.74) is 2.30. The Balaban J connectivity index is 1.31. The lowest BCUT2D eigenvalue weighted by molar-refractivity contribution is -0.138. The van der Waals surface area contributed by atoms with Crippen molar-refractivity contribution >= 4 is 52.5 Å². The second-order valence-electron chi connectivity index (χ2n) is 11.8. The van der Waals surface area contributed by atoms with E-state index in [1.54, 1.807) is 42.5 Å². The highest BCUT2D eigenvalue weighted by atomic mass is 35.5. The number of aromatic hydroxyl groups is 1. The number of halogens is 2. The van der Waals surface area contributed by atoms with E-state index in [2.05, 4.69) is 0 Å². The third-order valence-corrected chi connectivity index (χ3v) is 11.0. The fourth-order valence-electron chi connectivity index (χ4n) is 7.52. The van der Waals surface area contributed by atoms with Crippen LogP contribution in [0, 0.1) is 17.8 Å². The number of rotatable bonds is 5. The normalized spacial score (nSPS) is 31.0. The number of carbonyl (C=O) groups is 4. The van der Waals surface area contributed by atoms with Crippen LogP contribution in [-0.2, 0) is 25.8 Å². The highest BCUT2D eigenvalue weighted by molar-refractivity contribution is 6.53. The Morgan fingerprint density at radius 3 is 2.25 bits per heavy atom. The number of hydrogen-bond donors (Lipinski definition) is 1. The second kappa shape index (κ2) is 10.2. The lowest BCUT2D eigenvalue weighted by atomic mass is 9.56. The van der Waals surface area contributed by atoms with Crippen LogP contribution in [0.15, 0.2) is 90.5 Å². The number of allylic oxidation sites excluding steroid dienone is 2. The molecule has 1 N–H and O–H groups in total. The first-order valence-corrected chi connectivity index (χ1v) is 15.2. The Morgan fingerprint density at radius 1 is 0.886 bits per heavy atom. The maximum atomic E-state index is 14.0. The summed E-state index contributed by atoms with van der Waals surface area (Å²) in [6.07, 6.45) is 1.96. The molecule has 44 heavy (non-hydrogen) atoms. The molecule has 0 bridgehead atoms. The summed E-state index contributed by atoms with van der Waals surface area (Å²) < 4.78 is 5.89. The molecule has 0 aromatic heterocycles. The number of carbonyl (C=O) groups excluding carboxylic acids is 4. The van der Waals surface area contributed by atoms with Gasteiger partial charge in [0.1, 0.15) is 18.1 Å². The van der Waals surface area contributed by atoms with Gasteiger partial charge in [0.15, 0.2) is 9.75 Å². The molecular formula is C34H28Cl2N2O6. The van der Waals surface area contributed by atoms with Crippen LogP contribution in [0.2, 0.25) is 0 Å². The van der Waals surface area contributed by atoms with Crippen molar-refractivity contribution < 1.29 is 29.0 Å². The number of para-hydroxylation sites is 1. The van der Waals surface area contributed by atoms with E-state index in [0.29, 0.717) is 17.0 Å². The number of imide groups is 2. The van der Waals surface area contributed by atoms with Gasteiger partial charge in [-0.25, -0.2) is 0 Å². The van der Waals surface area contributed by atoms with E-state index in [1.165, 1.54) is 18.0 Å². The van der Waals surface area contributed by atoms with Crippen LogP contribution in [0.25, 0.3) is 0 Å². The molecule has 10 heteroatoms. The van der Waals surface area contributed by atoms with Crippen LogP contribution < -0.4 is 9.64 Å². The fourth-order valence-corrected chi connectivity index (χ4v) is 8.53. The van der Waals surface area contributed by atoms with Gasteiger partial charge < -0.3 is 9.84 Å². The van der Waals surface area contributed by atoms with Crippen LogP contribution in [0.5, 0.6) is 11.5 Å². The van der Waals surface area contributed by atoms with Gasteiger partial charge in [-0.05, 0) is 42.5 Å². The van der Waals surface area contributed by atoms with Gasteiger partial charge in [0.2, 0.25) is 11.8 Å². The minimum Gasteiger partial charge on any atom is -0.508 e. The Morgan fingerprint density at radius 2 is 1.57 bits per heavy atom. The maximum absolute atomic E-state index is 14.0. The molecule has 0 spiro atoms. The monoisotopic (exact) mass is 630 g/mol. The summed E-state index contributed by atoms with van der Waals surface area (Å²) in [6.45, 7) is 0.273. The number of alkyl halides is 2. The topological polar surface area (TPSA) is 104 Å². The Hall–Kier alpha value is -4.14. The molecule has 7 rings (SSSR count). The fraction of sp³-hybridized carbons (Fsp3) is 0.294. The van der Waals surface area contributed by atoms with Crippen molar-refractivity contribution in [2.45, 2.75) is 35.1 Å². The van der Waals surface area contributed by atoms with Crippen molar-refractivity contribution in [2.75, 3.05) is 11.9 Å². The van der Waals surface area contributed by atoms with Gasteiger partial charge in [-0.1, -0.05) is 66.2 Å². The number of likely N-dealkylation sites (tertiary alicyclic amines) is 1. The van der Waals surface area contributed by atoms with Crippen LogP contribution in [-0.4, -0.2) is 50.4 Å². The van der Waals surface area contributed by atoms with Gasteiger partial charge in [-0.15, -0.1) is 23.2 Å². The van der Waals surface area contributed by atoms with Gasteiger partial charge in [-0.3, -0.25) is 29.0 Å². The average Bonchev–Trinajstić information content (AvgIpc) is 3.36. The van der Waals surface area contributed by atoms with Crippen molar-refractivity contribution in [3.05, 3.63) is 102 Å². The zero-order chi connectivity index (χ0) is 31.0. The lowest BCUT2D eigenvalue weighted by Crippen LogP contribution is -2.60. The zero-order valence-corrected chi connectivity index (χ0v) is 25.2. The number of fused-ring (bicyclic) bond motifs is 4. The van der Waals surface area contributed by atoms with E-state index >= 15 is 0 Å². The third kappa shape index (κ3) is 3.90. The van der Waals surface area contributed by atoms with Gasteiger partial charge in [0.25, 0.3) is 11.8 Å². The average molecular weight is 632 g/mol. The van der Waals surface area contributed by atoms with Crippen molar-refractivity contribution in [3.63, 3.8) is 0 Å². The molecule has 4 aliphatic rings. The van der Waals surface area contributed by atoms with Crippen molar-refractivity contribution in [3.8, 4) is 11.5 Å². The molecule has 8 nitrogen and oxygen atoms in total. The smallest absolute Gasteiger partial charge is 0.253 e. The number of nitrogens with zero attached hydrogens (tertiary/aromatic N) is 2. The summed E-state index contributed by atoms with van der Waals surface area (Å²) in [7, 11) is 1.33. The first-order chi connectivity index (χ1) is 21.1. The SMILES string of the molecule is CN1C(=O)C2(Cl)CC3C(=CCC4C(=O)N(c5ccccc5)C(=O)C43)C(c3ccc(OCc4ccccc4)cc3O)C2(Cl)C1=O. The number of phenolic OH excluding ortho intramolecular Hbond substituents is 1. The molecule has 6 atom stereocenters. The molecule has 4 amide bonds. The van der Waals surface area contributed by atoms with Crippen molar-refractivity contribution in [1.82, 2.24) is 4.90 Å². The summed E-state index contributed by atoms with van der Waals surface area (Å²) in [5.74, 6) is -5.08. The van der Waals surface area contributed by atoms with E-state index in [4.69, 9.17) is 27.9 Å². The Labute approximate surface area is 263 Å². The molecule has 3 fully saturated rings. The van der Waals surface area contributed by atoms with Crippen LogP contribution >= 0.6 is 23.2 Å². The molecule has 1 saturated carbocycles. The van der Waals surface area contributed by atoms with Gasteiger partial charge >= 0.3 is 0 Å². The predicted molar refractivity (Wildman–Crippen MR) is 163 cm³/mol. The minimum atomic E-state index is -1.98. The minimum absolute atomic E-state index is 0.114. The molecule has 2 aliphatic carbocycles. The van der Waals surface area contributed by atoms with E-state index in [0.717, 1.165) is 10.5 Å². The number of ether oxygens (including phenoxy) is 1. The molecule has 3 aromatic rings. The van der Waals surface area contributed by atoms with Crippen molar-refractivity contribution in [1.29, 1.82) is 0 Å². The summed E-state index contributed by atoms with van der Waals surface area (Å²) >= 11 is 14.4. The van der Waals surface area contributed by atoms with Crippen molar-refractivity contribution in [2.24, 2.45) is 17.8 Å². The van der Waals surface area contributed by atoms with Gasteiger partial charge in [0.05, 0.1) is 17.5 Å². The van der Waals surface area contributed by atoms with E-state index in [1.807, 2.05) is 36.4 Å². The Bertz CT molecular complexity index is 1750. The zero-order valence-electron chi connectivity index (χ0n) is 23.7. The largest absolute Gasteiger partial charge is 0.508 e. The molecule has 3 aromatic carbocycles. The number of phenols is 1. The van der Waals surface area contributed by atoms with Gasteiger partial charge in [-0.2, -0.15) is 0 Å². The molecule has 2 heterocycles. The number of amides is 4. The number of benzene rings is 3. The summed E-state index contributed by atoms with van der Waals surface area (Å²) in [5, 5.41) is 11.4. The molecule has 224 valence electrons. The quantitative estimate of drug-likeness (QED) is 0.237. The number of hydrogen-bond acceptors (Lipinski definition) is 6. The molecule has 2 saturated heterocycles. The Kier molecular flexibility index (Phi) is 6.64. The van der Waals surface area contributed by atoms with E-state index in [-0.39, 0.29) is 42.6 Å². The van der Waals surface area contributed by atoms with Crippen LogP contribution in [0.1, 0.15) is 29.9 Å². The van der Waals surface area contributed by atoms with Gasteiger partial charge in [0, 0.05) is 24.6 Å². The van der Waals surface area contributed by atoms with Crippen LogP contribution in [0.3, 0.4) is 0 Å². The lowest BCUT2D eigenvalue weighted by Gasteiger charge is -2.50. The van der Waals surface area contributed by atoms with E-state index < -0.39 is 45.2 Å². The molecule has 0 radical (unpaired) electrons. The molecular weight excluding hydrogens is 603 g/mol. The van der Waals surface area contributed by atoms with Crippen LogP contribution in [0.4, 0.5) is 5.69 Å². The standard InChI is InChI=1S/C34H28Cl2N2O6/c1-37-31(42)33(35)17-25-22(14-15-24-27(25)30(41)38(29(24)40)20-10-6-3-7-11-20)28(34(33,36)32(37)43)23-13-12-21(16-26(23)39)44-18-19-8-4-2-5-9-19/h2-14,16,24-25,27-28,39H,15,17-18H2,1H3. The highest BCUT2D eigenvalue weighted by Crippen LogP contribution is 2.66. The first kappa shape index (κ1) is 28.6. The molecule has 6 unspecified atom stereocenters.